The molecule has 150 valence electrons. The number of aliphatic imine (C=N–C) groups is 1. The molecule has 29 heavy (non-hydrogen) atoms. The van der Waals surface area contributed by atoms with Gasteiger partial charge in [-0.1, -0.05) is 0 Å². The lowest BCUT2D eigenvalue weighted by atomic mass is 9.88. The summed E-state index contributed by atoms with van der Waals surface area (Å²) in [5, 5.41) is 8.89. The minimum Gasteiger partial charge on any atom is -0.475 e. The summed E-state index contributed by atoms with van der Waals surface area (Å²) in [7, 11) is 0. The number of Topliss-reactive ketones (excluding diaryl/α,β-unsaturated/α-hetero) is 1. The second kappa shape index (κ2) is 7.28. The van der Waals surface area contributed by atoms with Crippen LogP contribution in [0.25, 0.3) is 0 Å². The van der Waals surface area contributed by atoms with Gasteiger partial charge >= 0.3 is 5.92 Å². The van der Waals surface area contributed by atoms with Crippen molar-refractivity contribution in [3.8, 4) is 6.07 Å². The third-order valence-electron chi connectivity index (χ3n) is 4.73. The van der Waals surface area contributed by atoms with Crippen LogP contribution in [0.4, 0.5) is 13.2 Å². The number of aryl methyl sites for hydroxylation is 1. The van der Waals surface area contributed by atoms with E-state index in [-0.39, 0.29) is 23.7 Å². The Morgan fingerprint density at radius 2 is 2.07 bits per heavy atom. The molecule has 0 N–H and O–H groups in total. The fourth-order valence-corrected chi connectivity index (χ4v) is 3.09. The van der Waals surface area contributed by atoms with Gasteiger partial charge in [0.05, 0.1) is 12.0 Å². The fourth-order valence-electron chi connectivity index (χ4n) is 3.09. The maximum atomic E-state index is 14.5. The zero-order chi connectivity index (χ0) is 21.4. The van der Waals surface area contributed by atoms with Crippen molar-refractivity contribution in [2.75, 3.05) is 6.61 Å². The standard InChI is InChI=1S/C20H17F3N4O2/c1-11-6-13(8-24)9-25-17(11)16(28)7-14-4-5-15(21)18(26-14)19(3)20(22,23)10-29-12(2)27-19/h4-6,9H,7,10H2,1-3H3/t19-/m1/s1. The molecule has 0 radical (unpaired) electrons. The summed E-state index contributed by atoms with van der Waals surface area (Å²) in [5.74, 6) is -4.87. The number of hydrogen-bond donors (Lipinski definition) is 0. The number of hydrogen-bond acceptors (Lipinski definition) is 6. The summed E-state index contributed by atoms with van der Waals surface area (Å²) in [5.41, 5.74) is -1.77. The van der Waals surface area contributed by atoms with Crippen LogP contribution in [0, 0.1) is 24.1 Å². The number of nitrogens with zero attached hydrogens (tertiary/aromatic N) is 4. The van der Waals surface area contributed by atoms with Crippen molar-refractivity contribution in [3.05, 3.63) is 58.4 Å². The molecule has 1 aliphatic rings. The molecule has 0 fully saturated rings. The Kier molecular flexibility index (Phi) is 5.13. The van der Waals surface area contributed by atoms with E-state index in [1.165, 1.54) is 25.3 Å². The predicted octanol–water partition coefficient (Wildman–Crippen LogP) is 3.52. The molecule has 9 heteroatoms. The molecule has 2 aromatic rings. The lowest BCUT2D eigenvalue weighted by molar-refractivity contribution is -0.118. The van der Waals surface area contributed by atoms with Gasteiger partial charge in [0.2, 0.25) is 0 Å². The van der Waals surface area contributed by atoms with Crippen molar-refractivity contribution >= 4 is 11.7 Å². The average molecular weight is 402 g/mol. The van der Waals surface area contributed by atoms with E-state index in [1.54, 1.807) is 6.92 Å². The summed E-state index contributed by atoms with van der Waals surface area (Å²) in [6.45, 7) is 3.17. The van der Waals surface area contributed by atoms with Crippen LogP contribution in [0.1, 0.15) is 46.9 Å². The Hall–Kier alpha value is -3.28. The van der Waals surface area contributed by atoms with Crippen LogP contribution in [0.5, 0.6) is 0 Å². The van der Waals surface area contributed by atoms with Crippen molar-refractivity contribution in [1.82, 2.24) is 9.97 Å². The third kappa shape index (κ3) is 3.70. The SMILES string of the molecule is CC1=N[C@](C)(c2nc(CC(=O)c3ncc(C#N)cc3C)ccc2F)C(F)(F)CO1. The van der Waals surface area contributed by atoms with E-state index in [9.17, 15) is 18.0 Å². The highest BCUT2D eigenvalue weighted by Gasteiger charge is 2.57. The number of alkyl halides is 2. The van der Waals surface area contributed by atoms with Gasteiger partial charge in [-0.05, 0) is 37.6 Å². The van der Waals surface area contributed by atoms with Crippen molar-refractivity contribution in [1.29, 1.82) is 5.26 Å². The van der Waals surface area contributed by atoms with Gasteiger partial charge in [-0.2, -0.15) is 14.0 Å². The third-order valence-corrected chi connectivity index (χ3v) is 4.73. The molecule has 0 aliphatic carbocycles. The number of carbonyl (C=O) groups is 1. The van der Waals surface area contributed by atoms with Crippen LogP contribution in [0.2, 0.25) is 0 Å². The van der Waals surface area contributed by atoms with Gasteiger partial charge in [0.25, 0.3) is 0 Å². The second-order valence-electron chi connectivity index (χ2n) is 6.93. The van der Waals surface area contributed by atoms with E-state index in [4.69, 9.17) is 10.00 Å². The molecule has 3 rings (SSSR count). The van der Waals surface area contributed by atoms with Gasteiger partial charge in [0.15, 0.2) is 23.8 Å². The maximum absolute atomic E-state index is 14.5. The van der Waals surface area contributed by atoms with E-state index < -0.39 is 35.4 Å². The van der Waals surface area contributed by atoms with E-state index in [0.717, 1.165) is 13.0 Å². The Morgan fingerprint density at radius 1 is 1.34 bits per heavy atom. The van der Waals surface area contributed by atoms with E-state index in [1.807, 2.05) is 6.07 Å². The summed E-state index contributed by atoms with van der Waals surface area (Å²) < 4.78 is 48.3. The minimum atomic E-state index is -3.49. The number of ether oxygens (including phenoxy) is 1. The van der Waals surface area contributed by atoms with Gasteiger partial charge in [-0.25, -0.2) is 9.38 Å². The number of pyridine rings is 2. The molecule has 0 unspecified atom stereocenters. The predicted molar refractivity (Wildman–Crippen MR) is 97.3 cm³/mol. The second-order valence-corrected chi connectivity index (χ2v) is 6.93. The van der Waals surface area contributed by atoms with Crippen molar-refractivity contribution in [2.45, 2.75) is 38.7 Å². The summed E-state index contributed by atoms with van der Waals surface area (Å²) >= 11 is 0. The monoisotopic (exact) mass is 402 g/mol. The highest BCUT2D eigenvalue weighted by Crippen LogP contribution is 2.43. The lowest BCUT2D eigenvalue weighted by Gasteiger charge is -2.37. The Labute approximate surface area is 165 Å². The molecule has 0 spiro atoms. The van der Waals surface area contributed by atoms with Crippen molar-refractivity contribution in [2.24, 2.45) is 4.99 Å². The van der Waals surface area contributed by atoms with E-state index in [2.05, 4.69) is 15.0 Å². The first-order valence-electron chi connectivity index (χ1n) is 8.70. The number of aromatic nitrogens is 2. The summed E-state index contributed by atoms with van der Waals surface area (Å²) in [4.78, 5) is 24.4. The molecule has 0 saturated carbocycles. The lowest BCUT2D eigenvalue weighted by Crippen LogP contribution is -2.50. The van der Waals surface area contributed by atoms with E-state index >= 15 is 0 Å². The van der Waals surface area contributed by atoms with Crippen LogP contribution >= 0.6 is 0 Å². The van der Waals surface area contributed by atoms with Gasteiger partial charge in [0.1, 0.15) is 23.3 Å². The zero-order valence-electron chi connectivity index (χ0n) is 16.0. The highest BCUT2D eigenvalue weighted by atomic mass is 19.3. The topological polar surface area (TPSA) is 88.2 Å². The molecule has 0 aromatic carbocycles. The molecule has 1 aliphatic heterocycles. The van der Waals surface area contributed by atoms with E-state index in [0.29, 0.717) is 11.1 Å². The minimum absolute atomic E-state index is 0.00138. The average Bonchev–Trinajstić information content (AvgIpc) is 2.66. The van der Waals surface area contributed by atoms with Crippen LogP contribution in [0.15, 0.2) is 29.4 Å². The Morgan fingerprint density at radius 3 is 2.72 bits per heavy atom. The fraction of sp³-hybridized carbons (Fsp3) is 0.350. The van der Waals surface area contributed by atoms with Crippen molar-refractivity contribution < 1.29 is 22.7 Å². The number of ketones is 1. The van der Waals surface area contributed by atoms with Crippen molar-refractivity contribution in [3.63, 3.8) is 0 Å². The molecule has 1 atom stereocenters. The van der Waals surface area contributed by atoms with Crippen LogP contribution < -0.4 is 0 Å². The summed E-state index contributed by atoms with van der Waals surface area (Å²) in [6.07, 6.45) is 0.999. The molecule has 2 aromatic heterocycles. The Balaban J connectivity index is 1.97. The molecular formula is C20H17F3N4O2. The molecule has 6 nitrogen and oxygen atoms in total. The maximum Gasteiger partial charge on any atom is 0.311 e. The molecule has 3 heterocycles. The van der Waals surface area contributed by atoms with Gasteiger partial charge in [-0.15, -0.1) is 0 Å². The first kappa shape index (κ1) is 20.5. The largest absolute Gasteiger partial charge is 0.475 e. The normalized spacial score (nSPS) is 20.4. The number of rotatable bonds is 4. The Bertz CT molecular complexity index is 1060. The summed E-state index contributed by atoms with van der Waals surface area (Å²) in [6, 6.07) is 5.70. The molecule has 0 amide bonds. The van der Waals surface area contributed by atoms with Gasteiger partial charge < -0.3 is 4.74 Å². The number of halogens is 3. The molecule has 0 bridgehead atoms. The van der Waals surface area contributed by atoms with Gasteiger partial charge in [-0.3, -0.25) is 14.8 Å². The first-order valence-corrected chi connectivity index (χ1v) is 8.70. The quantitative estimate of drug-likeness (QED) is 0.730. The van der Waals surface area contributed by atoms with Crippen LogP contribution in [-0.4, -0.2) is 34.2 Å². The van der Waals surface area contributed by atoms with Crippen LogP contribution in [-0.2, 0) is 16.7 Å². The molecule has 0 saturated heterocycles. The van der Waals surface area contributed by atoms with Gasteiger partial charge in [0, 0.05) is 18.8 Å². The zero-order valence-corrected chi connectivity index (χ0v) is 16.0. The first-order chi connectivity index (χ1) is 13.6. The smallest absolute Gasteiger partial charge is 0.311 e. The van der Waals surface area contributed by atoms with Crippen LogP contribution in [0.3, 0.4) is 0 Å². The number of carbonyl (C=O) groups excluding carboxylic acids is 1. The molecular weight excluding hydrogens is 385 g/mol. The highest BCUT2D eigenvalue weighted by molar-refractivity contribution is 5.96. The number of nitriles is 1.